The Hall–Kier alpha value is -0.820. The minimum atomic E-state index is 0. The Morgan fingerprint density at radius 2 is 1.54 bits per heavy atom. The quantitative estimate of drug-likeness (QED) is 0.399. The van der Waals surface area contributed by atoms with Crippen LogP contribution in [0.2, 0.25) is 0 Å². The summed E-state index contributed by atoms with van der Waals surface area (Å²) in [6, 6.07) is 8.74. The van der Waals surface area contributed by atoms with Crippen LogP contribution in [0.4, 0.5) is 0 Å². The van der Waals surface area contributed by atoms with Gasteiger partial charge in [-0.3, -0.25) is 4.90 Å². The molecule has 4 nitrogen and oxygen atoms in total. The molecule has 0 radical (unpaired) electrons. The zero-order chi connectivity index (χ0) is 16.3. The molecule has 0 atom stereocenters. The van der Waals surface area contributed by atoms with Gasteiger partial charge in [0.2, 0.25) is 0 Å². The van der Waals surface area contributed by atoms with Crippen molar-refractivity contribution in [2.75, 3.05) is 26.2 Å². The van der Waals surface area contributed by atoms with Gasteiger partial charge in [-0.05, 0) is 50.9 Å². The van der Waals surface area contributed by atoms with Crippen LogP contribution in [-0.4, -0.2) is 37.0 Å². The highest BCUT2D eigenvalue weighted by atomic mass is 127. The van der Waals surface area contributed by atoms with Gasteiger partial charge in [0.15, 0.2) is 5.96 Å². The lowest BCUT2D eigenvalue weighted by atomic mass is 10.1. The first-order valence-electron chi connectivity index (χ1n) is 9.14. The van der Waals surface area contributed by atoms with E-state index < -0.39 is 0 Å². The maximum atomic E-state index is 4.72. The number of hydrogen-bond donors (Lipinski definition) is 2. The third kappa shape index (κ3) is 7.38. The number of nitrogens with one attached hydrogen (secondary N) is 2. The fourth-order valence-electron chi connectivity index (χ4n) is 3.07. The molecule has 0 saturated carbocycles. The molecule has 0 amide bonds. The van der Waals surface area contributed by atoms with Gasteiger partial charge in [-0.25, -0.2) is 4.99 Å². The Balaban J connectivity index is 0.00000288. The average Bonchev–Trinajstić information content (AvgIpc) is 2.83. The number of benzene rings is 1. The summed E-state index contributed by atoms with van der Waals surface area (Å²) >= 11 is 0. The number of guanidine groups is 1. The number of nitrogens with zero attached hydrogens (tertiary/aromatic N) is 2. The second-order valence-electron chi connectivity index (χ2n) is 6.18. The molecule has 24 heavy (non-hydrogen) atoms. The first-order valence-corrected chi connectivity index (χ1v) is 9.14. The van der Waals surface area contributed by atoms with E-state index in [1.165, 1.54) is 49.9 Å². The monoisotopic (exact) mass is 444 g/mol. The molecule has 1 aliphatic rings. The van der Waals surface area contributed by atoms with E-state index in [2.05, 4.69) is 53.6 Å². The van der Waals surface area contributed by atoms with E-state index in [4.69, 9.17) is 4.99 Å². The minimum absolute atomic E-state index is 0. The summed E-state index contributed by atoms with van der Waals surface area (Å²) in [5.74, 6) is 0.902. The van der Waals surface area contributed by atoms with Crippen LogP contribution in [-0.2, 0) is 13.1 Å². The molecule has 2 rings (SSSR count). The van der Waals surface area contributed by atoms with Crippen molar-refractivity contribution in [3.8, 4) is 0 Å². The summed E-state index contributed by atoms with van der Waals surface area (Å²) in [4.78, 5) is 7.32. The Morgan fingerprint density at radius 1 is 0.958 bits per heavy atom. The second kappa shape index (κ2) is 12.5. The predicted molar refractivity (Wildman–Crippen MR) is 114 cm³/mol. The maximum absolute atomic E-state index is 4.72. The molecule has 2 N–H and O–H groups in total. The topological polar surface area (TPSA) is 39.7 Å². The SMILES string of the molecule is CCNC(=NCc1ccccc1CN1CCCCCC1)NCC.I. The summed E-state index contributed by atoms with van der Waals surface area (Å²) in [5.41, 5.74) is 2.76. The van der Waals surface area contributed by atoms with E-state index in [0.29, 0.717) is 0 Å². The van der Waals surface area contributed by atoms with Gasteiger partial charge in [0.25, 0.3) is 0 Å². The number of aliphatic imine (C=N–C) groups is 1. The van der Waals surface area contributed by atoms with E-state index in [9.17, 15) is 0 Å². The highest BCUT2D eigenvalue weighted by molar-refractivity contribution is 14.0. The largest absolute Gasteiger partial charge is 0.357 e. The fraction of sp³-hybridized carbons (Fsp3) is 0.632. The van der Waals surface area contributed by atoms with Crippen molar-refractivity contribution >= 4 is 29.9 Å². The molecule has 0 spiro atoms. The number of likely N-dealkylation sites (tertiary alicyclic amines) is 1. The third-order valence-corrected chi connectivity index (χ3v) is 4.31. The van der Waals surface area contributed by atoms with E-state index in [-0.39, 0.29) is 24.0 Å². The van der Waals surface area contributed by atoms with Crippen molar-refractivity contribution in [3.05, 3.63) is 35.4 Å². The lowest BCUT2D eigenvalue weighted by molar-refractivity contribution is 0.276. The van der Waals surface area contributed by atoms with Crippen LogP contribution in [0.5, 0.6) is 0 Å². The van der Waals surface area contributed by atoms with Gasteiger partial charge in [-0.15, -0.1) is 24.0 Å². The van der Waals surface area contributed by atoms with Crippen LogP contribution >= 0.6 is 24.0 Å². The highest BCUT2D eigenvalue weighted by Gasteiger charge is 2.11. The zero-order valence-electron chi connectivity index (χ0n) is 15.2. The van der Waals surface area contributed by atoms with Gasteiger partial charge in [-0.2, -0.15) is 0 Å². The maximum Gasteiger partial charge on any atom is 0.191 e. The van der Waals surface area contributed by atoms with Crippen molar-refractivity contribution in [2.45, 2.75) is 52.6 Å². The van der Waals surface area contributed by atoms with Gasteiger partial charge < -0.3 is 10.6 Å². The summed E-state index contributed by atoms with van der Waals surface area (Å²) < 4.78 is 0. The normalized spacial score (nSPS) is 15.1. The van der Waals surface area contributed by atoms with Gasteiger partial charge >= 0.3 is 0 Å². The molecule has 0 unspecified atom stereocenters. The summed E-state index contributed by atoms with van der Waals surface area (Å²) in [6.45, 7) is 10.2. The molecule has 1 aliphatic heterocycles. The molecule has 1 heterocycles. The molecule has 136 valence electrons. The van der Waals surface area contributed by atoms with Crippen LogP contribution < -0.4 is 10.6 Å². The second-order valence-corrected chi connectivity index (χ2v) is 6.18. The minimum Gasteiger partial charge on any atom is -0.357 e. The van der Waals surface area contributed by atoms with Crippen molar-refractivity contribution < 1.29 is 0 Å². The van der Waals surface area contributed by atoms with Gasteiger partial charge in [0.05, 0.1) is 6.54 Å². The Morgan fingerprint density at radius 3 is 2.12 bits per heavy atom. The molecule has 0 aliphatic carbocycles. The summed E-state index contributed by atoms with van der Waals surface area (Å²) in [6.07, 6.45) is 5.45. The average molecular weight is 444 g/mol. The number of halogens is 1. The number of rotatable bonds is 6. The van der Waals surface area contributed by atoms with Gasteiger partial charge in [-0.1, -0.05) is 37.1 Å². The molecular formula is C19H33IN4. The summed E-state index contributed by atoms with van der Waals surface area (Å²) in [5, 5.41) is 6.58. The van der Waals surface area contributed by atoms with Crippen LogP contribution in [0.1, 0.15) is 50.7 Å². The van der Waals surface area contributed by atoms with Crippen LogP contribution in [0, 0.1) is 0 Å². The van der Waals surface area contributed by atoms with E-state index in [1.807, 2.05) is 0 Å². The van der Waals surface area contributed by atoms with Gasteiger partial charge in [0.1, 0.15) is 0 Å². The Bertz CT molecular complexity index is 474. The standard InChI is InChI=1S/C19H32N4.HI/c1-3-20-19(21-4-2)22-15-17-11-7-8-12-18(17)16-23-13-9-5-6-10-14-23;/h7-8,11-12H,3-6,9-10,13-16H2,1-2H3,(H2,20,21,22);1H. The molecule has 1 aromatic rings. The van der Waals surface area contributed by atoms with Crippen LogP contribution in [0.25, 0.3) is 0 Å². The zero-order valence-corrected chi connectivity index (χ0v) is 17.5. The third-order valence-electron chi connectivity index (χ3n) is 4.31. The molecule has 1 saturated heterocycles. The smallest absolute Gasteiger partial charge is 0.191 e. The van der Waals surface area contributed by atoms with Gasteiger partial charge in [0, 0.05) is 19.6 Å². The molecule has 5 heteroatoms. The first kappa shape index (κ1) is 21.2. The Labute approximate surface area is 164 Å². The van der Waals surface area contributed by atoms with Crippen molar-refractivity contribution in [3.63, 3.8) is 0 Å². The van der Waals surface area contributed by atoms with Crippen molar-refractivity contribution in [2.24, 2.45) is 4.99 Å². The Kier molecular flexibility index (Phi) is 11.1. The van der Waals surface area contributed by atoms with E-state index in [0.717, 1.165) is 32.1 Å². The van der Waals surface area contributed by atoms with Crippen molar-refractivity contribution in [1.82, 2.24) is 15.5 Å². The molecule has 1 fully saturated rings. The number of hydrogen-bond acceptors (Lipinski definition) is 2. The van der Waals surface area contributed by atoms with Crippen LogP contribution in [0.15, 0.2) is 29.3 Å². The lowest BCUT2D eigenvalue weighted by Gasteiger charge is -2.21. The predicted octanol–water partition coefficient (Wildman–Crippen LogP) is 3.76. The van der Waals surface area contributed by atoms with Crippen LogP contribution in [0.3, 0.4) is 0 Å². The lowest BCUT2D eigenvalue weighted by Crippen LogP contribution is -2.37. The summed E-state index contributed by atoms with van der Waals surface area (Å²) in [7, 11) is 0. The molecule has 0 aromatic heterocycles. The molecular weight excluding hydrogens is 411 g/mol. The highest BCUT2D eigenvalue weighted by Crippen LogP contribution is 2.16. The van der Waals surface area contributed by atoms with E-state index in [1.54, 1.807) is 0 Å². The van der Waals surface area contributed by atoms with E-state index >= 15 is 0 Å². The first-order chi connectivity index (χ1) is 11.3. The fourth-order valence-corrected chi connectivity index (χ4v) is 3.07. The molecule has 0 bridgehead atoms. The van der Waals surface area contributed by atoms with Crippen molar-refractivity contribution in [1.29, 1.82) is 0 Å². The molecule has 1 aromatic carbocycles.